The maximum Gasteiger partial charge on any atom is 0.407 e. The van der Waals surface area contributed by atoms with Crippen molar-refractivity contribution in [2.75, 3.05) is 57.9 Å². The molecular weight excluding hydrogens is 823 g/mol. The summed E-state index contributed by atoms with van der Waals surface area (Å²) >= 11 is 0. The molecule has 5 N–H and O–H groups in total. The van der Waals surface area contributed by atoms with Gasteiger partial charge in [0.2, 0.25) is 11.8 Å². The number of pyridine rings is 2. The minimum atomic E-state index is -0.674. The molecule has 3 aliphatic heterocycles. The van der Waals surface area contributed by atoms with Crippen LogP contribution >= 0.6 is 0 Å². The third kappa shape index (κ3) is 11.5. The smallest absolute Gasteiger partial charge is 0.407 e. The number of amides is 3. The Labute approximate surface area is 386 Å². The van der Waals surface area contributed by atoms with Gasteiger partial charge < -0.3 is 45.0 Å². The van der Waals surface area contributed by atoms with E-state index in [2.05, 4.69) is 78.4 Å². The number of likely N-dealkylation sites (tertiary alicyclic amines) is 2. The van der Waals surface area contributed by atoms with E-state index in [9.17, 15) is 14.4 Å². The summed E-state index contributed by atoms with van der Waals surface area (Å²) in [5, 5.41) is 13.4. The maximum atomic E-state index is 13.8. The summed E-state index contributed by atoms with van der Waals surface area (Å²) in [6.45, 7) is 9.21. The van der Waals surface area contributed by atoms with Crippen LogP contribution in [0.2, 0.25) is 0 Å². The summed E-state index contributed by atoms with van der Waals surface area (Å²) in [5.41, 5.74) is 8.95. The molecule has 2 fully saturated rings. The molecule has 0 spiro atoms. The zero-order valence-corrected chi connectivity index (χ0v) is 37.5. The lowest BCUT2D eigenvalue weighted by Gasteiger charge is -2.29. The Kier molecular flexibility index (Phi) is 17.2. The molecule has 6 heterocycles. The van der Waals surface area contributed by atoms with Crippen molar-refractivity contribution in [2.24, 2.45) is 0 Å². The number of anilines is 2. The number of rotatable bonds is 11. The van der Waals surface area contributed by atoms with Crippen molar-refractivity contribution in [1.82, 2.24) is 35.4 Å². The Morgan fingerprint density at radius 3 is 2.09 bits per heavy atom. The van der Waals surface area contributed by atoms with Gasteiger partial charge in [0, 0.05) is 67.0 Å². The Balaban J connectivity index is 0.000000515. The number of alkyl carbamates (subject to hydrolysis) is 1. The molecule has 65 heavy (non-hydrogen) atoms. The quantitative estimate of drug-likeness (QED) is 0.0782. The van der Waals surface area contributed by atoms with Gasteiger partial charge in [-0.3, -0.25) is 19.9 Å². The molecule has 15 heteroatoms. The summed E-state index contributed by atoms with van der Waals surface area (Å²) < 4.78 is 9.84. The monoisotopic (exact) mass is 890 g/mol. The molecule has 0 bridgehead atoms. The van der Waals surface area contributed by atoms with Gasteiger partial charge in [-0.15, -0.1) is 0 Å². The predicted molar refractivity (Wildman–Crippen MR) is 262 cm³/mol. The lowest BCUT2D eigenvalue weighted by atomic mass is 10.0. The number of hydrogen-bond acceptors (Lipinski definition) is 11. The van der Waals surface area contributed by atoms with Gasteiger partial charge in [-0.2, -0.15) is 0 Å². The molecule has 0 aliphatic carbocycles. The summed E-state index contributed by atoms with van der Waals surface area (Å²) in [4.78, 5) is 62.4. The second-order valence-corrected chi connectivity index (χ2v) is 15.3. The number of aromatic nitrogens is 3. The van der Waals surface area contributed by atoms with Gasteiger partial charge in [0.05, 0.1) is 37.9 Å². The third-order valence-corrected chi connectivity index (χ3v) is 11.4. The number of carbonyl (C=O) groups is 4. The average Bonchev–Trinajstić information content (AvgIpc) is 4.23. The fourth-order valence-electron chi connectivity index (χ4n) is 8.24. The normalized spacial score (nSPS) is 15.6. The number of H-pyrrole nitrogens is 1. The van der Waals surface area contributed by atoms with Crippen molar-refractivity contribution in [3.8, 4) is 22.4 Å². The minimum Gasteiger partial charge on any atom is -0.453 e. The first-order valence-corrected chi connectivity index (χ1v) is 22.0. The van der Waals surface area contributed by atoms with Crippen molar-refractivity contribution >= 4 is 47.1 Å². The lowest BCUT2D eigenvalue weighted by Crippen LogP contribution is -2.41. The minimum absolute atomic E-state index is 0. The van der Waals surface area contributed by atoms with Crippen LogP contribution in [0.5, 0.6) is 0 Å². The molecule has 0 radical (unpaired) electrons. The molecule has 3 aromatic heterocycles. The van der Waals surface area contributed by atoms with Gasteiger partial charge in [0.1, 0.15) is 18.9 Å². The highest BCUT2D eigenvalue weighted by Crippen LogP contribution is 2.36. The molecule has 1 unspecified atom stereocenters. The van der Waals surface area contributed by atoms with Crippen LogP contribution in [0, 0.1) is 0 Å². The molecule has 9 rings (SSSR count). The predicted octanol–water partition coefficient (Wildman–Crippen LogP) is 9.22. The van der Waals surface area contributed by atoms with Crippen LogP contribution in [-0.2, 0) is 23.9 Å². The van der Waals surface area contributed by atoms with Crippen molar-refractivity contribution < 1.29 is 34.4 Å². The molecule has 3 amide bonds. The Hall–Kier alpha value is -7.10. The van der Waals surface area contributed by atoms with Crippen LogP contribution in [0.1, 0.15) is 80.2 Å². The van der Waals surface area contributed by atoms with E-state index in [-0.39, 0.29) is 23.6 Å². The van der Waals surface area contributed by atoms with Gasteiger partial charge >= 0.3 is 6.09 Å². The molecule has 2 saturated heterocycles. The number of aromatic amines is 1. The van der Waals surface area contributed by atoms with E-state index in [1.54, 1.807) is 12.0 Å². The second-order valence-electron chi connectivity index (χ2n) is 15.3. The summed E-state index contributed by atoms with van der Waals surface area (Å²) in [6.07, 6.45) is 7.08. The lowest BCUT2D eigenvalue weighted by molar-refractivity contribution is -0.135. The summed E-state index contributed by atoms with van der Waals surface area (Å²) in [6, 6.07) is 32.7. The SMILES string of the molecule is C=O.CC.COC(=O)N[C@@H](C(=O)N1CCCC1)c1ccccc1.COCN[C@@H](C(=O)N1CCCC1c1cc2[nH]c(-c3ccc(-c4cnc5c(c4)NCN5)cc3)cc2cn1)c1ccccc1.[HH].[HH].[HH].[HH]. The third-order valence-electron chi connectivity index (χ3n) is 11.4. The average molecular weight is 890 g/mol. The number of hydrogen-bond donors (Lipinski definition) is 5. The van der Waals surface area contributed by atoms with Gasteiger partial charge in [0.25, 0.3) is 0 Å². The van der Waals surface area contributed by atoms with Gasteiger partial charge in [-0.1, -0.05) is 98.8 Å². The number of nitrogens with one attached hydrogen (secondary N) is 5. The number of ether oxygens (including phenoxy) is 2. The van der Waals surface area contributed by atoms with E-state index < -0.39 is 18.2 Å². The largest absolute Gasteiger partial charge is 0.453 e. The van der Waals surface area contributed by atoms with Crippen LogP contribution in [-0.4, -0.2) is 96.7 Å². The number of fused-ring (bicyclic) bond motifs is 2. The van der Waals surface area contributed by atoms with Gasteiger partial charge in [-0.25, -0.2) is 9.78 Å². The van der Waals surface area contributed by atoms with Crippen LogP contribution < -0.4 is 21.3 Å². The molecule has 3 atom stereocenters. The maximum absolute atomic E-state index is 13.8. The van der Waals surface area contributed by atoms with Gasteiger partial charge in [-0.05, 0) is 66.1 Å². The van der Waals surface area contributed by atoms with Crippen LogP contribution in [0.15, 0.2) is 116 Å². The molecule has 3 aliphatic rings. The van der Waals surface area contributed by atoms with Gasteiger partial charge in [0.15, 0.2) is 5.82 Å². The van der Waals surface area contributed by atoms with Crippen LogP contribution in [0.25, 0.3) is 33.3 Å². The number of methoxy groups -OCH3 is 2. The molecule has 3 aromatic carbocycles. The van der Waals surface area contributed by atoms with E-state index in [4.69, 9.17) is 14.5 Å². The van der Waals surface area contributed by atoms with E-state index in [0.717, 1.165) is 100 Å². The zero-order chi connectivity index (χ0) is 46.1. The van der Waals surface area contributed by atoms with Crippen molar-refractivity contribution in [1.29, 1.82) is 0 Å². The summed E-state index contributed by atoms with van der Waals surface area (Å²) in [7, 11) is 2.91. The molecule has 15 nitrogen and oxygen atoms in total. The molecular formula is C50H67N9O6. The number of nitrogens with zero attached hydrogens (tertiary/aromatic N) is 4. The zero-order valence-electron chi connectivity index (χ0n) is 37.5. The van der Waals surface area contributed by atoms with Crippen molar-refractivity contribution in [2.45, 2.75) is 57.7 Å². The number of carbonyl (C=O) groups excluding carboxylic acids is 4. The summed E-state index contributed by atoms with van der Waals surface area (Å²) in [5.74, 6) is 0.861. The molecule has 0 saturated carbocycles. The Morgan fingerprint density at radius 1 is 0.769 bits per heavy atom. The van der Waals surface area contributed by atoms with E-state index >= 15 is 0 Å². The van der Waals surface area contributed by atoms with E-state index in [0.29, 0.717) is 19.9 Å². The fourth-order valence-corrected chi connectivity index (χ4v) is 8.24. The van der Waals surface area contributed by atoms with Crippen LogP contribution in [0.3, 0.4) is 0 Å². The van der Waals surface area contributed by atoms with Crippen molar-refractivity contribution in [3.05, 3.63) is 132 Å². The number of benzene rings is 3. The Morgan fingerprint density at radius 2 is 1.43 bits per heavy atom. The van der Waals surface area contributed by atoms with E-state index in [1.165, 1.54) is 7.11 Å². The highest BCUT2D eigenvalue weighted by atomic mass is 16.5. The topological polar surface area (TPSA) is 183 Å². The second kappa shape index (κ2) is 23.5. The standard InChI is InChI=1S/C33H33N7O2.C14H18N2O3.C2H6.CH2O.4H2/c1-42-20-38-31(23-6-3-2-4-7-23)33(41)40-13-5-8-30(40)28-16-27-25(18-34-28)15-26(39-27)22-11-9-21(10-12-22)24-14-29-32(35-17-24)37-19-36-29;1-19-14(18)15-12(11-7-3-2-4-8-11)13(17)16-9-5-6-10-16;2*1-2;;;;/h2-4,6-7,9-12,14-18,30-31,36,38-39H,5,8,13,19-20H2,1H3,(H,35,37);2-4,7-8,12H,5-6,9-10H2,1H3,(H,15,18);1-2H3;1H2;4*1H/t30?,31-;12-;;;;;;/m11....../s1. The molecule has 348 valence electrons. The van der Waals surface area contributed by atoms with Crippen molar-refractivity contribution in [3.63, 3.8) is 0 Å². The molecule has 6 aromatic rings. The first-order valence-electron chi connectivity index (χ1n) is 22.0. The first-order chi connectivity index (χ1) is 31.9. The van der Waals surface area contributed by atoms with Crippen LogP contribution in [0.4, 0.5) is 16.3 Å². The highest BCUT2D eigenvalue weighted by molar-refractivity contribution is 5.88. The fraction of sp³-hybridized carbons (Fsp3) is 0.320. The van der Waals surface area contributed by atoms with E-state index in [1.807, 2.05) is 98.6 Å². The first kappa shape index (κ1) is 47.4. The Bertz CT molecular complexity index is 2480. The highest BCUT2D eigenvalue weighted by Gasteiger charge is 2.35.